The number of nitrogens with one attached hydrogen (secondary N) is 4. The molecule has 0 saturated carbocycles. The summed E-state index contributed by atoms with van der Waals surface area (Å²) in [5, 5.41) is 16.0. The number of carbonyl (C=O) groups is 2. The minimum Gasteiger partial charge on any atom is -0.326 e. The molecule has 0 spiro atoms. The summed E-state index contributed by atoms with van der Waals surface area (Å²) in [4.78, 5) is 23.6. The number of anilines is 2. The van der Waals surface area contributed by atoms with Crippen molar-refractivity contribution >= 4 is 47.2 Å². The second kappa shape index (κ2) is 7.65. The normalized spacial score (nSPS) is 12.8. The van der Waals surface area contributed by atoms with E-state index in [9.17, 15) is 9.59 Å². The fraction of sp³-hybridized carbons (Fsp3) is 0.267. The molecule has 0 fully saturated rings. The van der Waals surface area contributed by atoms with Gasteiger partial charge in [-0.25, -0.2) is 0 Å². The van der Waals surface area contributed by atoms with Gasteiger partial charge in [0.15, 0.2) is 5.69 Å². The van der Waals surface area contributed by atoms with E-state index in [1.807, 2.05) is 0 Å². The van der Waals surface area contributed by atoms with Crippen molar-refractivity contribution in [1.29, 1.82) is 0 Å². The monoisotopic (exact) mass is 369 g/mol. The van der Waals surface area contributed by atoms with Crippen LogP contribution in [0.25, 0.3) is 0 Å². The SMILES string of the molecule is CC(=O)Nc1ccc(Cl)c(NC(=O)c2n[nH]c3c2CNCC3)c1.Cl. The standard InChI is InChI=1S/C15H16ClN5O2.ClH/c1-8(22)18-9-2-3-11(16)13(6-9)19-15(23)14-10-7-17-5-4-12(10)20-21-14;/h2-3,6,17H,4-5,7H2,1H3,(H,18,22)(H,19,23)(H,20,21);1H. The van der Waals surface area contributed by atoms with Crippen LogP contribution in [0.3, 0.4) is 0 Å². The van der Waals surface area contributed by atoms with Gasteiger partial charge in [0.2, 0.25) is 5.91 Å². The summed E-state index contributed by atoms with van der Waals surface area (Å²) in [7, 11) is 0. The molecule has 0 aliphatic carbocycles. The van der Waals surface area contributed by atoms with Gasteiger partial charge in [-0.15, -0.1) is 12.4 Å². The van der Waals surface area contributed by atoms with Gasteiger partial charge in [-0.1, -0.05) is 11.6 Å². The van der Waals surface area contributed by atoms with Gasteiger partial charge in [0.25, 0.3) is 5.91 Å². The zero-order valence-corrected chi connectivity index (χ0v) is 14.5. The number of nitrogens with zero attached hydrogens (tertiary/aromatic N) is 1. The van der Waals surface area contributed by atoms with Crippen LogP contribution in [0, 0.1) is 0 Å². The molecule has 1 aliphatic heterocycles. The summed E-state index contributed by atoms with van der Waals surface area (Å²) >= 11 is 6.11. The third-order valence-electron chi connectivity index (χ3n) is 3.56. The number of benzene rings is 1. The van der Waals surface area contributed by atoms with Gasteiger partial charge in [0, 0.05) is 43.4 Å². The highest BCUT2D eigenvalue weighted by Gasteiger charge is 2.22. The number of amides is 2. The number of fused-ring (bicyclic) bond motifs is 1. The molecule has 7 nitrogen and oxygen atoms in total. The van der Waals surface area contributed by atoms with E-state index in [0.29, 0.717) is 28.6 Å². The van der Waals surface area contributed by atoms with Crippen molar-refractivity contribution in [2.24, 2.45) is 0 Å². The van der Waals surface area contributed by atoms with Gasteiger partial charge >= 0.3 is 0 Å². The number of hydrogen-bond donors (Lipinski definition) is 4. The Morgan fingerprint density at radius 2 is 2.08 bits per heavy atom. The predicted octanol–water partition coefficient (Wildman–Crippen LogP) is 2.34. The van der Waals surface area contributed by atoms with Gasteiger partial charge in [-0.2, -0.15) is 5.10 Å². The molecule has 1 aromatic carbocycles. The van der Waals surface area contributed by atoms with E-state index in [1.165, 1.54) is 6.92 Å². The zero-order chi connectivity index (χ0) is 16.4. The molecule has 4 N–H and O–H groups in total. The Labute approximate surface area is 149 Å². The Balaban J connectivity index is 0.00000208. The van der Waals surface area contributed by atoms with E-state index in [4.69, 9.17) is 11.6 Å². The Bertz CT molecular complexity index is 775. The molecule has 0 bridgehead atoms. The summed E-state index contributed by atoms with van der Waals surface area (Å²) < 4.78 is 0. The van der Waals surface area contributed by atoms with Crippen molar-refractivity contribution in [3.8, 4) is 0 Å². The predicted molar refractivity (Wildman–Crippen MR) is 95.0 cm³/mol. The van der Waals surface area contributed by atoms with Crippen LogP contribution in [0.5, 0.6) is 0 Å². The molecule has 0 saturated heterocycles. The van der Waals surface area contributed by atoms with Crippen molar-refractivity contribution in [2.45, 2.75) is 19.9 Å². The molecule has 9 heteroatoms. The van der Waals surface area contributed by atoms with E-state index >= 15 is 0 Å². The molecule has 1 aromatic heterocycles. The second-order valence-corrected chi connectivity index (χ2v) is 5.69. The van der Waals surface area contributed by atoms with Crippen molar-refractivity contribution in [1.82, 2.24) is 15.5 Å². The van der Waals surface area contributed by atoms with Crippen molar-refractivity contribution in [3.63, 3.8) is 0 Å². The molecule has 0 atom stereocenters. The van der Waals surface area contributed by atoms with Gasteiger partial charge in [-0.05, 0) is 18.2 Å². The fourth-order valence-corrected chi connectivity index (χ4v) is 2.66. The quantitative estimate of drug-likeness (QED) is 0.667. The molecule has 1 aliphatic rings. The maximum Gasteiger partial charge on any atom is 0.276 e. The summed E-state index contributed by atoms with van der Waals surface area (Å²) in [6, 6.07) is 4.89. The minimum absolute atomic E-state index is 0. The maximum absolute atomic E-state index is 12.5. The van der Waals surface area contributed by atoms with Crippen LogP contribution in [0.2, 0.25) is 5.02 Å². The van der Waals surface area contributed by atoms with Crippen LogP contribution in [0.4, 0.5) is 11.4 Å². The second-order valence-electron chi connectivity index (χ2n) is 5.29. The molecule has 24 heavy (non-hydrogen) atoms. The maximum atomic E-state index is 12.5. The Morgan fingerprint density at radius 3 is 2.83 bits per heavy atom. The molecule has 3 rings (SSSR count). The molecular weight excluding hydrogens is 353 g/mol. The number of aromatic nitrogens is 2. The van der Waals surface area contributed by atoms with Gasteiger partial charge in [-0.3, -0.25) is 14.7 Å². The molecule has 0 radical (unpaired) electrons. The third kappa shape index (κ3) is 3.87. The smallest absolute Gasteiger partial charge is 0.276 e. The van der Waals surface area contributed by atoms with E-state index in [0.717, 1.165) is 24.2 Å². The highest BCUT2D eigenvalue weighted by Crippen LogP contribution is 2.26. The molecule has 2 aromatic rings. The number of aromatic amines is 1. The van der Waals surface area contributed by atoms with Crippen LogP contribution in [0.1, 0.15) is 28.7 Å². The van der Waals surface area contributed by atoms with E-state index in [1.54, 1.807) is 18.2 Å². The first-order valence-electron chi connectivity index (χ1n) is 7.20. The number of halogens is 2. The summed E-state index contributed by atoms with van der Waals surface area (Å²) in [5.41, 5.74) is 3.19. The number of H-pyrrole nitrogens is 1. The lowest BCUT2D eigenvalue weighted by atomic mass is 10.1. The van der Waals surface area contributed by atoms with Crippen molar-refractivity contribution in [3.05, 3.63) is 40.2 Å². The van der Waals surface area contributed by atoms with Crippen LogP contribution >= 0.6 is 24.0 Å². The molecule has 2 heterocycles. The fourth-order valence-electron chi connectivity index (χ4n) is 2.50. The van der Waals surface area contributed by atoms with Gasteiger partial charge in [0.1, 0.15) is 0 Å². The first-order valence-corrected chi connectivity index (χ1v) is 7.57. The van der Waals surface area contributed by atoms with Crippen LogP contribution in [0.15, 0.2) is 18.2 Å². The Kier molecular flexibility index (Phi) is 5.82. The van der Waals surface area contributed by atoms with Crippen LogP contribution in [-0.4, -0.2) is 28.6 Å². The van der Waals surface area contributed by atoms with E-state index in [2.05, 4.69) is 26.1 Å². The third-order valence-corrected chi connectivity index (χ3v) is 3.89. The lowest BCUT2D eigenvalue weighted by Gasteiger charge is -2.13. The molecule has 0 unspecified atom stereocenters. The number of hydrogen-bond acceptors (Lipinski definition) is 4. The van der Waals surface area contributed by atoms with Crippen LogP contribution in [-0.2, 0) is 17.8 Å². The minimum atomic E-state index is -0.340. The van der Waals surface area contributed by atoms with Gasteiger partial charge in [0.05, 0.1) is 10.7 Å². The summed E-state index contributed by atoms with van der Waals surface area (Å²) in [6.07, 6.45) is 0.814. The van der Waals surface area contributed by atoms with Crippen molar-refractivity contribution in [2.75, 3.05) is 17.2 Å². The largest absolute Gasteiger partial charge is 0.326 e. The van der Waals surface area contributed by atoms with Crippen molar-refractivity contribution < 1.29 is 9.59 Å². The van der Waals surface area contributed by atoms with E-state index in [-0.39, 0.29) is 24.2 Å². The molecular formula is C15H17Cl2N5O2. The Morgan fingerprint density at radius 1 is 1.29 bits per heavy atom. The lowest BCUT2D eigenvalue weighted by molar-refractivity contribution is -0.114. The van der Waals surface area contributed by atoms with E-state index < -0.39 is 0 Å². The average Bonchev–Trinajstić information content (AvgIpc) is 2.94. The highest BCUT2D eigenvalue weighted by molar-refractivity contribution is 6.34. The first-order chi connectivity index (χ1) is 11.0. The highest BCUT2D eigenvalue weighted by atomic mass is 35.5. The topological polar surface area (TPSA) is 98.9 Å². The Hall–Kier alpha value is -2.09. The van der Waals surface area contributed by atoms with Crippen LogP contribution < -0.4 is 16.0 Å². The number of carbonyl (C=O) groups excluding carboxylic acids is 2. The molecule has 128 valence electrons. The molecule has 2 amide bonds. The summed E-state index contributed by atoms with van der Waals surface area (Å²) in [6.45, 7) is 2.88. The first kappa shape index (κ1) is 18.3. The number of rotatable bonds is 3. The summed E-state index contributed by atoms with van der Waals surface area (Å²) in [5.74, 6) is -0.537. The zero-order valence-electron chi connectivity index (χ0n) is 12.9. The average molecular weight is 370 g/mol. The van der Waals surface area contributed by atoms with Gasteiger partial charge < -0.3 is 16.0 Å². The lowest BCUT2D eigenvalue weighted by Crippen LogP contribution is -2.25.